The Morgan fingerprint density at radius 3 is 2.75 bits per heavy atom. The van der Waals surface area contributed by atoms with E-state index in [9.17, 15) is 4.79 Å². The number of aliphatic carboxylic acids is 1. The van der Waals surface area contributed by atoms with Crippen molar-refractivity contribution in [2.75, 3.05) is 11.4 Å². The van der Waals surface area contributed by atoms with Crippen molar-refractivity contribution in [3.8, 4) is 0 Å². The van der Waals surface area contributed by atoms with Gasteiger partial charge in [0.2, 0.25) is 5.89 Å². The molecule has 0 amide bonds. The van der Waals surface area contributed by atoms with Crippen molar-refractivity contribution in [3.05, 3.63) is 42.0 Å². The molecule has 6 nitrogen and oxygen atoms in total. The molecule has 20 heavy (non-hydrogen) atoms. The molecule has 0 fully saturated rings. The lowest BCUT2D eigenvalue weighted by Crippen LogP contribution is -2.29. The molecule has 1 aromatic heterocycles. The number of carbonyl (C=O) groups is 1. The maximum atomic E-state index is 11.0. The summed E-state index contributed by atoms with van der Waals surface area (Å²) in [6.07, 6.45) is 1.66. The van der Waals surface area contributed by atoms with E-state index < -0.39 is 5.97 Å². The molecule has 1 heterocycles. The number of para-hydroxylation sites is 1. The molecule has 0 bridgehead atoms. The highest BCUT2D eigenvalue weighted by Gasteiger charge is 2.14. The predicted molar refractivity (Wildman–Crippen MR) is 73.4 cm³/mol. The van der Waals surface area contributed by atoms with Crippen molar-refractivity contribution in [2.45, 2.75) is 26.3 Å². The van der Waals surface area contributed by atoms with Crippen molar-refractivity contribution in [3.63, 3.8) is 0 Å². The van der Waals surface area contributed by atoms with Gasteiger partial charge in [-0.15, -0.1) is 0 Å². The third kappa shape index (κ3) is 3.81. The minimum Gasteiger partial charge on any atom is -0.480 e. The Hall–Kier alpha value is -2.37. The topological polar surface area (TPSA) is 79.5 Å². The van der Waals surface area contributed by atoms with E-state index in [2.05, 4.69) is 10.1 Å². The van der Waals surface area contributed by atoms with E-state index in [-0.39, 0.29) is 6.54 Å². The molecule has 0 unspecified atom stereocenters. The number of hydrogen-bond acceptors (Lipinski definition) is 5. The number of nitrogens with zero attached hydrogens (tertiary/aromatic N) is 3. The summed E-state index contributed by atoms with van der Waals surface area (Å²) in [7, 11) is 0. The second-order valence-electron chi connectivity index (χ2n) is 4.44. The van der Waals surface area contributed by atoms with E-state index in [1.165, 1.54) is 0 Å². The number of benzene rings is 1. The number of aryl methyl sites for hydroxylation is 1. The average Bonchev–Trinajstić information content (AvgIpc) is 2.86. The molecule has 2 rings (SSSR count). The first-order valence-electron chi connectivity index (χ1n) is 6.52. The lowest BCUT2D eigenvalue weighted by atomic mass is 10.3. The van der Waals surface area contributed by atoms with Crippen LogP contribution in [-0.2, 0) is 17.8 Å². The fourth-order valence-electron chi connectivity index (χ4n) is 1.88. The average molecular weight is 275 g/mol. The van der Waals surface area contributed by atoms with Gasteiger partial charge in [0, 0.05) is 12.1 Å². The van der Waals surface area contributed by atoms with Gasteiger partial charge in [-0.1, -0.05) is 30.3 Å². The minimum absolute atomic E-state index is 0.109. The maximum absolute atomic E-state index is 11.0. The third-order valence-corrected chi connectivity index (χ3v) is 2.75. The number of anilines is 1. The van der Waals surface area contributed by atoms with Gasteiger partial charge in [-0.05, 0) is 18.6 Å². The summed E-state index contributed by atoms with van der Waals surface area (Å²) in [6.45, 7) is 2.23. The zero-order valence-corrected chi connectivity index (χ0v) is 11.3. The van der Waals surface area contributed by atoms with E-state index in [1.807, 2.05) is 37.3 Å². The number of hydrogen-bond donors (Lipinski definition) is 1. The molecule has 0 radical (unpaired) electrons. The van der Waals surface area contributed by atoms with Crippen molar-refractivity contribution >= 4 is 11.7 Å². The fraction of sp³-hybridized carbons (Fsp3) is 0.357. The van der Waals surface area contributed by atoms with Crippen LogP contribution in [0.3, 0.4) is 0 Å². The van der Waals surface area contributed by atoms with Gasteiger partial charge >= 0.3 is 5.97 Å². The van der Waals surface area contributed by atoms with Crippen LogP contribution in [0.2, 0.25) is 0 Å². The first kappa shape index (κ1) is 14.0. The van der Waals surface area contributed by atoms with Crippen LogP contribution in [0.15, 0.2) is 34.9 Å². The molecular weight excluding hydrogens is 258 g/mol. The summed E-state index contributed by atoms with van der Waals surface area (Å²) in [5, 5.41) is 12.9. The van der Waals surface area contributed by atoms with Crippen LogP contribution in [0.25, 0.3) is 0 Å². The van der Waals surface area contributed by atoms with Crippen LogP contribution < -0.4 is 4.90 Å². The Morgan fingerprint density at radius 2 is 2.10 bits per heavy atom. The molecular formula is C14H17N3O3. The van der Waals surface area contributed by atoms with E-state index in [0.717, 1.165) is 18.5 Å². The molecule has 0 aliphatic rings. The largest absolute Gasteiger partial charge is 0.480 e. The molecule has 2 aromatic rings. The number of aromatic nitrogens is 2. The first-order chi connectivity index (χ1) is 9.69. The molecule has 106 valence electrons. The smallest absolute Gasteiger partial charge is 0.323 e. The number of carboxylic acid groups (broad SMARTS) is 1. The quantitative estimate of drug-likeness (QED) is 0.833. The zero-order valence-electron chi connectivity index (χ0n) is 11.3. The van der Waals surface area contributed by atoms with Crippen LogP contribution in [0.1, 0.15) is 25.1 Å². The van der Waals surface area contributed by atoms with E-state index >= 15 is 0 Å². The van der Waals surface area contributed by atoms with Crippen LogP contribution in [0, 0.1) is 0 Å². The van der Waals surface area contributed by atoms with Crippen LogP contribution in [-0.4, -0.2) is 27.8 Å². The second-order valence-corrected chi connectivity index (χ2v) is 4.44. The Kier molecular flexibility index (Phi) is 4.70. The van der Waals surface area contributed by atoms with Gasteiger partial charge in [-0.3, -0.25) is 4.79 Å². The molecule has 1 N–H and O–H groups in total. The van der Waals surface area contributed by atoms with Crippen molar-refractivity contribution in [1.82, 2.24) is 10.1 Å². The van der Waals surface area contributed by atoms with Gasteiger partial charge in [0.1, 0.15) is 6.54 Å². The molecule has 1 aromatic carbocycles. The molecule has 0 spiro atoms. The van der Waals surface area contributed by atoms with Gasteiger partial charge in [0.25, 0.3) is 0 Å². The second kappa shape index (κ2) is 6.70. The summed E-state index contributed by atoms with van der Waals surface area (Å²) in [6, 6.07) is 9.33. The Balaban J connectivity index is 2.12. The number of rotatable bonds is 7. The van der Waals surface area contributed by atoms with Crippen molar-refractivity contribution in [2.24, 2.45) is 0 Å². The lowest BCUT2D eigenvalue weighted by Gasteiger charge is -2.20. The van der Waals surface area contributed by atoms with E-state index in [0.29, 0.717) is 18.3 Å². The molecule has 0 aliphatic carbocycles. The summed E-state index contributed by atoms with van der Waals surface area (Å²) < 4.78 is 5.11. The van der Waals surface area contributed by atoms with Gasteiger partial charge in [-0.2, -0.15) is 4.98 Å². The predicted octanol–water partition coefficient (Wildman–Crippen LogP) is 2.11. The normalized spacial score (nSPS) is 10.4. The lowest BCUT2D eigenvalue weighted by molar-refractivity contribution is -0.135. The highest BCUT2D eigenvalue weighted by molar-refractivity contribution is 5.73. The zero-order chi connectivity index (χ0) is 14.4. The van der Waals surface area contributed by atoms with Crippen LogP contribution in [0.5, 0.6) is 0 Å². The maximum Gasteiger partial charge on any atom is 0.323 e. The summed E-state index contributed by atoms with van der Waals surface area (Å²) >= 11 is 0. The highest BCUT2D eigenvalue weighted by atomic mass is 16.5. The van der Waals surface area contributed by atoms with E-state index in [1.54, 1.807) is 4.90 Å². The fourth-order valence-corrected chi connectivity index (χ4v) is 1.88. The van der Waals surface area contributed by atoms with Crippen LogP contribution in [0.4, 0.5) is 5.69 Å². The highest BCUT2D eigenvalue weighted by Crippen LogP contribution is 2.15. The SMILES string of the molecule is CCCc1nc(CN(CC(=O)O)c2ccccc2)no1. The molecule has 0 atom stereocenters. The Bertz CT molecular complexity index is 554. The Morgan fingerprint density at radius 1 is 1.35 bits per heavy atom. The molecule has 6 heteroatoms. The van der Waals surface area contributed by atoms with Crippen molar-refractivity contribution < 1.29 is 14.4 Å². The first-order valence-corrected chi connectivity index (χ1v) is 6.52. The molecule has 0 saturated heterocycles. The van der Waals surface area contributed by atoms with Crippen LogP contribution >= 0.6 is 0 Å². The number of carboxylic acids is 1. The molecule has 0 aliphatic heterocycles. The van der Waals surface area contributed by atoms with Gasteiger partial charge in [0.05, 0.1) is 6.54 Å². The Labute approximate surface area is 117 Å². The summed E-state index contributed by atoms with van der Waals surface area (Å²) in [5.74, 6) is 0.190. The van der Waals surface area contributed by atoms with E-state index in [4.69, 9.17) is 9.63 Å². The van der Waals surface area contributed by atoms with Crippen molar-refractivity contribution in [1.29, 1.82) is 0 Å². The van der Waals surface area contributed by atoms with Gasteiger partial charge in [-0.25, -0.2) is 0 Å². The summed E-state index contributed by atoms with van der Waals surface area (Å²) in [4.78, 5) is 16.9. The minimum atomic E-state index is -0.897. The monoisotopic (exact) mass is 275 g/mol. The standard InChI is InChI=1S/C14H17N3O3/c1-2-6-13-15-12(16-20-13)9-17(10-14(18)19)11-7-4-3-5-8-11/h3-5,7-8H,2,6,9-10H2,1H3,(H,18,19). The van der Waals surface area contributed by atoms with Gasteiger partial charge in [0.15, 0.2) is 5.82 Å². The van der Waals surface area contributed by atoms with Gasteiger partial charge < -0.3 is 14.5 Å². The summed E-state index contributed by atoms with van der Waals surface area (Å²) in [5.41, 5.74) is 0.816. The molecule has 0 saturated carbocycles. The third-order valence-electron chi connectivity index (χ3n) is 2.75.